The number of nitrogens with zero attached hydrogens (tertiary/aromatic N) is 1. The highest BCUT2D eigenvalue weighted by Gasteiger charge is 2.47. The van der Waals surface area contributed by atoms with Crippen molar-refractivity contribution in [2.75, 3.05) is 14.2 Å². The van der Waals surface area contributed by atoms with Crippen molar-refractivity contribution in [1.82, 2.24) is 4.57 Å². The Morgan fingerprint density at radius 3 is 2.45 bits per heavy atom. The summed E-state index contributed by atoms with van der Waals surface area (Å²) >= 11 is 0. The van der Waals surface area contributed by atoms with E-state index in [-0.39, 0.29) is 0 Å². The number of fused-ring (bicyclic) bond motifs is 3. The third kappa shape index (κ3) is 3.30. The van der Waals surface area contributed by atoms with Crippen LogP contribution in [0.4, 0.5) is 0 Å². The van der Waals surface area contributed by atoms with Crippen LogP contribution in [0, 0.1) is 0 Å². The summed E-state index contributed by atoms with van der Waals surface area (Å²) in [6.45, 7) is 3.00. The third-order valence-electron chi connectivity index (χ3n) is 7.39. The van der Waals surface area contributed by atoms with E-state index in [0.717, 1.165) is 23.2 Å². The van der Waals surface area contributed by atoms with Gasteiger partial charge in [0.1, 0.15) is 11.5 Å². The Hall–Kier alpha value is -3.02. The van der Waals surface area contributed by atoms with Gasteiger partial charge in [0.15, 0.2) is 0 Å². The van der Waals surface area contributed by atoms with Crippen LogP contribution in [0.3, 0.4) is 0 Å². The van der Waals surface area contributed by atoms with Crippen LogP contribution in [-0.4, -0.2) is 41.2 Å². The largest absolute Gasteiger partial charge is 0.497 e. The zero-order valence-corrected chi connectivity index (χ0v) is 19.4. The highest BCUT2D eigenvalue weighted by molar-refractivity contribution is 6.08. The predicted octanol–water partition coefficient (Wildman–Crippen LogP) is 5.02. The van der Waals surface area contributed by atoms with E-state index in [4.69, 9.17) is 9.47 Å². The maximum atomic E-state index is 11.5. The van der Waals surface area contributed by atoms with Gasteiger partial charge in [-0.1, -0.05) is 36.4 Å². The van der Waals surface area contributed by atoms with E-state index >= 15 is 0 Å². The van der Waals surface area contributed by atoms with E-state index in [9.17, 15) is 10.2 Å². The second kappa shape index (κ2) is 8.40. The Bertz CT molecular complexity index is 1310. The number of hydrogen-bond donors (Lipinski definition) is 2. The molecule has 0 radical (unpaired) electrons. The summed E-state index contributed by atoms with van der Waals surface area (Å²) in [6.07, 6.45) is 0.367. The second-order valence-corrected chi connectivity index (χ2v) is 8.98. The number of aliphatic hydroxyl groups is 2. The molecular weight excluding hydrogens is 414 g/mol. The maximum absolute atomic E-state index is 11.5. The van der Waals surface area contributed by atoms with Gasteiger partial charge in [0.2, 0.25) is 0 Å². The van der Waals surface area contributed by atoms with Gasteiger partial charge < -0.3 is 24.3 Å². The monoisotopic (exact) mass is 445 g/mol. The fourth-order valence-corrected chi connectivity index (χ4v) is 5.80. The van der Waals surface area contributed by atoms with Crippen molar-refractivity contribution >= 4 is 21.8 Å². The Labute approximate surface area is 194 Å². The summed E-state index contributed by atoms with van der Waals surface area (Å²) < 4.78 is 13.5. The standard InChI is InChI=1S/C28H31NO4/c1-4-29-24-8-6-5-7-21(24)22-12-9-18(15-25(22)29)28(17-19(30)10-14-27(28)31)23-13-11-20(32-2)16-26(23)33-3/h5-9,11-13,15-16,19,27,30-31H,4,10,14,17H2,1-3H3. The molecule has 5 nitrogen and oxygen atoms in total. The molecule has 172 valence electrons. The molecule has 33 heavy (non-hydrogen) atoms. The van der Waals surface area contributed by atoms with Crippen molar-refractivity contribution in [1.29, 1.82) is 0 Å². The fraction of sp³-hybridized carbons (Fsp3) is 0.357. The zero-order chi connectivity index (χ0) is 23.2. The van der Waals surface area contributed by atoms with Gasteiger partial charge in [-0.2, -0.15) is 0 Å². The molecule has 1 aromatic heterocycles. The van der Waals surface area contributed by atoms with Crippen molar-refractivity contribution in [3.8, 4) is 11.5 Å². The van der Waals surface area contributed by atoms with Crippen molar-refractivity contribution in [2.45, 2.75) is 50.4 Å². The van der Waals surface area contributed by atoms with Crippen molar-refractivity contribution < 1.29 is 19.7 Å². The molecule has 5 rings (SSSR count). The quantitative estimate of drug-likeness (QED) is 0.453. The van der Waals surface area contributed by atoms with E-state index in [1.165, 1.54) is 16.3 Å². The number of methoxy groups -OCH3 is 2. The maximum Gasteiger partial charge on any atom is 0.126 e. The molecule has 4 aromatic rings. The Kier molecular flexibility index (Phi) is 5.55. The number of ether oxygens (including phenoxy) is 2. The first-order valence-corrected chi connectivity index (χ1v) is 11.6. The molecule has 1 heterocycles. The van der Waals surface area contributed by atoms with Crippen molar-refractivity contribution in [3.63, 3.8) is 0 Å². The molecule has 0 bridgehead atoms. The SMILES string of the molecule is CCn1c2ccccc2c2ccc(C3(c4ccc(OC)cc4OC)CC(O)CCC3O)cc21. The van der Waals surface area contributed by atoms with Crippen LogP contribution in [0.2, 0.25) is 0 Å². The normalized spacial score (nSPS) is 23.2. The lowest BCUT2D eigenvalue weighted by Crippen LogP contribution is -2.47. The predicted molar refractivity (Wildman–Crippen MR) is 131 cm³/mol. The van der Waals surface area contributed by atoms with Gasteiger partial charge in [-0.15, -0.1) is 0 Å². The van der Waals surface area contributed by atoms with Gasteiger partial charge in [-0.25, -0.2) is 0 Å². The second-order valence-electron chi connectivity index (χ2n) is 8.98. The number of aliphatic hydroxyl groups excluding tert-OH is 2. The molecule has 1 saturated carbocycles. The smallest absolute Gasteiger partial charge is 0.126 e. The number of aromatic nitrogens is 1. The Balaban J connectivity index is 1.81. The molecule has 3 atom stereocenters. The first kappa shape index (κ1) is 21.8. The number of hydrogen-bond acceptors (Lipinski definition) is 4. The van der Waals surface area contributed by atoms with Gasteiger partial charge in [0, 0.05) is 40.0 Å². The highest BCUT2D eigenvalue weighted by Crippen LogP contribution is 2.49. The van der Waals surface area contributed by atoms with Crippen LogP contribution in [0.5, 0.6) is 11.5 Å². The topological polar surface area (TPSA) is 63.9 Å². The first-order chi connectivity index (χ1) is 16.0. The molecule has 1 fully saturated rings. The minimum absolute atomic E-state index is 0.425. The minimum Gasteiger partial charge on any atom is -0.497 e. The van der Waals surface area contributed by atoms with Crippen molar-refractivity contribution in [3.05, 3.63) is 71.8 Å². The molecule has 1 aliphatic rings. The van der Waals surface area contributed by atoms with Crippen LogP contribution < -0.4 is 9.47 Å². The molecule has 5 heteroatoms. The van der Waals surface area contributed by atoms with E-state index < -0.39 is 17.6 Å². The lowest BCUT2D eigenvalue weighted by atomic mass is 9.62. The van der Waals surface area contributed by atoms with Crippen LogP contribution >= 0.6 is 0 Å². The van der Waals surface area contributed by atoms with E-state index in [1.807, 2.05) is 18.2 Å². The summed E-state index contributed by atoms with van der Waals surface area (Å²) in [5, 5.41) is 24.7. The van der Waals surface area contributed by atoms with Crippen molar-refractivity contribution in [2.24, 2.45) is 0 Å². The summed E-state index contributed by atoms with van der Waals surface area (Å²) in [5.41, 5.74) is 3.40. The Morgan fingerprint density at radius 1 is 0.909 bits per heavy atom. The summed E-state index contributed by atoms with van der Waals surface area (Å²) in [7, 11) is 3.26. The number of aryl methyl sites for hydroxylation is 1. The van der Waals surface area contributed by atoms with Gasteiger partial charge in [0.25, 0.3) is 0 Å². The van der Waals surface area contributed by atoms with Gasteiger partial charge >= 0.3 is 0 Å². The number of benzene rings is 3. The lowest BCUT2D eigenvalue weighted by molar-refractivity contribution is 0.00140. The average molecular weight is 446 g/mol. The van der Waals surface area contributed by atoms with Gasteiger partial charge in [-0.3, -0.25) is 0 Å². The summed E-state index contributed by atoms with van der Waals surface area (Å²) in [6, 6.07) is 20.6. The van der Waals surface area contributed by atoms with Crippen LogP contribution in [0.15, 0.2) is 60.7 Å². The number of para-hydroxylation sites is 1. The average Bonchev–Trinajstić information content (AvgIpc) is 3.18. The molecule has 0 aliphatic heterocycles. The molecule has 0 saturated heterocycles. The minimum atomic E-state index is -0.793. The van der Waals surface area contributed by atoms with Crippen LogP contribution in [-0.2, 0) is 12.0 Å². The molecule has 0 amide bonds. The Morgan fingerprint density at radius 2 is 1.70 bits per heavy atom. The van der Waals surface area contributed by atoms with Crippen LogP contribution in [0.1, 0.15) is 37.3 Å². The zero-order valence-electron chi connectivity index (χ0n) is 19.4. The van der Waals surface area contributed by atoms with Crippen LogP contribution in [0.25, 0.3) is 21.8 Å². The molecule has 0 spiro atoms. The van der Waals surface area contributed by atoms with E-state index in [2.05, 4.69) is 54.0 Å². The molecular formula is C28H31NO4. The van der Waals surface area contributed by atoms with Gasteiger partial charge in [-0.05, 0) is 49.9 Å². The lowest BCUT2D eigenvalue weighted by Gasteiger charge is -2.45. The third-order valence-corrected chi connectivity index (χ3v) is 7.39. The van der Waals surface area contributed by atoms with Gasteiger partial charge in [0.05, 0.1) is 31.8 Å². The molecule has 2 N–H and O–H groups in total. The molecule has 3 aromatic carbocycles. The highest BCUT2D eigenvalue weighted by atomic mass is 16.5. The fourth-order valence-electron chi connectivity index (χ4n) is 5.80. The molecule has 1 aliphatic carbocycles. The molecule has 3 unspecified atom stereocenters. The number of rotatable bonds is 5. The van der Waals surface area contributed by atoms with E-state index in [1.54, 1.807) is 14.2 Å². The van der Waals surface area contributed by atoms with E-state index in [0.29, 0.717) is 30.8 Å². The first-order valence-electron chi connectivity index (χ1n) is 11.6. The summed E-state index contributed by atoms with van der Waals surface area (Å²) in [4.78, 5) is 0. The summed E-state index contributed by atoms with van der Waals surface area (Å²) in [5.74, 6) is 1.34.